The first kappa shape index (κ1) is 46.6. The molecule has 4 amide bonds. The van der Waals surface area contributed by atoms with Crippen LogP contribution in [0, 0.1) is 0 Å². The van der Waals surface area contributed by atoms with Crippen molar-refractivity contribution < 1.29 is 95.8 Å². The average molecular weight is 874 g/mol. The number of urea groups is 1. The molecule has 57 heavy (non-hydrogen) atoms. The summed E-state index contributed by atoms with van der Waals surface area (Å²) in [5.41, 5.74) is -0.989. The van der Waals surface area contributed by atoms with Crippen LogP contribution < -0.4 is 50.8 Å². The third-order valence-electron chi connectivity index (χ3n) is 7.21. The van der Waals surface area contributed by atoms with Crippen LogP contribution in [0.5, 0.6) is 0 Å². The largest absolute Gasteiger partial charge is 1.00 e. The SMILES string of the molecule is CC(=O)Nc1ccc(/C=C/c2ccc(NC(=O)Nc3ccc(/C=C/c4ccc(NC(C)=O)cc4S(=O)(=O)O)c(S(=O)(=O)O)c3)cc2S(=O)(=O)O)c(S(=O)(=O)O)c1.[Na+]. The molecule has 8 N–H and O–H groups in total. The van der Waals surface area contributed by atoms with Gasteiger partial charge in [-0.15, -0.1) is 0 Å². The summed E-state index contributed by atoms with van der Waals surface area (Å²) in [6.07, 6.45) is 4.39. The first-order chi connectivity index (χ1) is 25.8. The summed E-state index contributed by atoms with van der Waals surface area (Å²) >= 11 is 0. The van der Waals surface area contributed by atoms with Gasteiger partial charge in [0, 0.05) is 36.6 Å². The van der Waals surface area contributed by atoms with Gasteiger partial charge in [-0.3, -0.25) is 27.8 Å². The van der Waals surface area contributed by atoms with Crippen LogP contribution in [0.15, 0.2) is 92.4 Å². The Labute approximate surface area is 348 Å². The van der Waals surface area contributed by atoms with E-state index in [0.717, 1.165) is 60.7 Å². The molecule has 0 spiro atoms. The van der Waals surface area contributed by atoms with Crippen molar-refractivity contribution in [1.29, 1.82) is 0 Å². The maximum Gasteiger partial charge on any atom is 1.00 e. The summed E-state index contributed by atoms with van der Waals surface area (Å²) in [5.74, 6) is -1.05. The molecule has 0 aliphatic rings. The standard InChI is InChI=1S/C33H30N4O15S4.Na/c1-19(38)34-25-11-7-21(29(15-25)53(41,42)43)3-5-23-9-13-27(17-31(23)55(47,48)49)36-33(40)37-28-14-10-24(32(18-28)56(50,51)52)6-4-22-8-12-26(35-20(2)39)16-30(22)54(44,45)46;/h3-18H,1-2H3,(H,34,38)(H,35,39)(H2,36,37,40)(H,41,42,43)(H,44,45,46)(H,47,48,49)(H,50,51,52);/q;+1/b5-3+,6-4+;. The second kappa shape index (κ2) is 18.2. The number of anilines is 4. The number of rotatable bonds is 12. The molecule has 0 bridgehead atoms. The van der Waals surface area contributed by atoms with E-state index in [9.17, 15) is 66.3 Å². The van der Waals surface area contributed by atoms with Gasteiger partial charge in [-0.1, -0.05) is 48.6 Å². The van der Waals surface area contributed by atoms with Crippen LogP contribution in [0.25, 0.3) is 24.3 Å². The van der Waals surface area contributed by atoms with Gasteiger partial charge in [-0.2, -0.15) is 33.7 Å². The molecule has 0 atom stereocenters. The average Bonchev–Trinajstić information content (AvgIpc) is 3.05. The Balaban J connectivity index is 0.00000870. The third-order valence-corrected chi connectivity index (χ3v) is 10.8. The fraction of sp³-hybridized carbons (Fsp3) is 0.0606. The molecule has 24 heteroatoms. The molecule has 0 unspecified atom stereocenters. The molecule has 4 aromatic rings. The van der Waals surface area contributed by atoms with E-state index in [1.54, 1.807) is 0 Å². The molecular formula is C33H30N4NaO15S4+. The van der Waals surface area contributed by atoms with Gasteiger partial charge in [0.2, 0.25) is 11.8 Å². The Bertz CT molecular complexity index is 2600. The predicted molar refractivity (Wildman–Crippen MR) is 204 cm³/mol. The first-order valence-electron chi connectivity index (χ1n) is 15.3. The second-order valence-electron chi connectivity index (χ2n) is 11.5. The molecule has 0 saturated carbocycles. The molecule has 0 saturated heterocycles. The number of hydrogen-bond acceptors (Lipinski definition) is 11. The van der Waals surface area contributed by atoms with E-state index in [2.05, 4.69) is 21.3 Å². The van der Waals surface area contributed by atoms with E-state index in [1.807, 2.05) is 0 Å². The first-order valence-corrected chi connectivity index (χ1v) is 21.0. The topological polar surface area (TPSA) is 317 Å². The molecule has 296 valence electrons. The smallest absolute Gasteiger partial charge is 0.326 e. The van der Waals surface area contributed by atoms with Crippen LogP contribution in [-0.2, 0) is 50.1 Å². The zero-order valence-electron chi connectivity index (χ0n) is 29.7. The van der Waals surface area contributed by atoms with Crippen molar-refractivity contribution in [1.82, 2.24) is 0 Å². The van der Waals surface area contributed by atoms with Gasteiger partial charge >= 0.3 is 35.6 Å². The van der Waals surface area contributed by atoms with Crippen molar-refractivity contribution in [3.8, 4) is 0 Å². The molecule has 0 aromatic heterocycles. The van der Waals surface area contributed by atoms with Crippen molar-refractivity contribution in [2.45, 2.75) is 33.4 Å². The Morgan fingerprint density at radius 1 is 0.421 bits per heavy atom. The minimum atomic E-state index is -4.99. The maximum absolute atomic E-state index is 12.9. The van der Waals surface area contributed by atoms with E-state index < -0.39 is 77.9 Å². The van der Waals surface area contributed by atoms with E-state index in [-0.39, 0.29) is 74.6 Å². The van der Waals surface area contributed by atoms with Crippen molar-refractivity contribution in [2.24, 2.45) is 0 Å². The van der Waals surface area contributed by atoms with Gasteiger partial charge in [0.15, 0.2) is 0 Å². The Morgan fingerprint density at radius 2 is 0.632 bits per heavy atom. The van der Waals surface area contributed by atoms with Gasteiger partial charge < -0.3 is 21.3 Å². The molecule has 0 aliphatic carbocycles. The van der Waals surface area contributed by atoms with Crippen LogP contribution in [0.3, 0.4) is 0 Å². The van der Waals surface area contributed by atoms with E-state index in [1.165, 1.54) is 50.2 Å². The summed E-state index contributed by atoms with van der Waals surface area (Å²) in [5, 5.41) is 9.27. The second-order valence-corrected chi connectivity index (χ2v) is 17.1. The zero-order chi connectivity index (χ0) is 41.8. The van der Waals surface area contributed by atoms with Gasteiger partial charge in [-0.25, -0.2) is 4.79 Å². The van der Waals surface area contributed by atoms with Crippen molar-refractivity contribution in [2.75, 3.05) is 21.3 Å². The number of hydrogen-bond donors (Lipinski definition) is 8. The fourth-order valence-corrected chi connectivity index (χ4v) is 7.79. The summed E-state index contributed by atoms with van der Waals surface area (Å²) in [6.45, 7) is 2.35. The van der Waals surface area contributed by atoms with Crippen LogP contribution in [0.1, 0.15) is 36.1 Å². The third kappa shape index (κ3) is 13.1. The van der Waals surface area contributed by atoms with Gasteiger partial charge in [0.25, 0.3) is 40.5 Å². The molecule has 0 heterocycles. The zero-order valence-corrected chi connectivity index (χ0v) is 34.9. The molecule has 0 fully saturated rings. The molecule has 4 aromatic carbocycles. The minimum absolute atomic E-state index is 0. The van der Waals surface area contributed by atoms with E-state index in [0.29, 0.717) is 0 Å². The summed E-state index contributed by atoms with van der Waals surface area (Å²) in [4.78, 5) is 32.8. The Hall–Kier alpha value is -4.79. The minimum Gasteiger partial charge on any atom is -0.326 e. The number of nitrogens with one attached hydrogen (secondary N) is 4. The normalized spacial score (nSPS) is 12.2. The van der Waals surface area contributed by atoms with Gasteiger partial charge in [0.05, 0.1) is 0 Å². The number of amides is 4. The van der Waals surface area contributed by atoms with Crippen LogP contribution in [-0.4, -0.2) is 69.7 Å². The molecule has 0 radical (unpaired) electrons. The van der Waals surface area contributed by atoms with Crippen molar-refractivity contribution in [3.05, 3.63) is 95.1 Å². The molecular weight excluding hydrogens is 844 g/mol. The molecule has 0 aliphatic heterocycles. The number of carbonyl (C=O) groups excluding carboxylic acids is 3. The molecule has 19 nitrogen and oxygen atoms in total. The monoisotopic (exact) mass is 873 g/mol. The Morgan fingerprint density at radius 3 is 0.825 bits per heavy atom. The predicted octanol–water partition coefficient (Wildman–Crippen LogP) is 1.58. The van der Waals surface area contributed by atoms with Gasteiger partial charge in [-0.05, 0) is 70.8 Å². The van der Waals surface area contributed by atoms with Crippen LogP contribution in [0.2, 0.25) is 0 Å². The summed E-state index contributed by atoms with van der Waals surface area (Å²) in [7, 11) is -19.6. The summed E-state index contributed by atoms with van der Waals surface area (Å²) < 4.78 is 136. The van der Waals surface area contributed by atoms with Crippen LogP contribution >= 0.6 is 0 Å². The van der Waals surface area contributed by atoms with E-state index >= 15 is 0 Å². The maximum atomic E-state index is 12.9. The Kier molecular flexibility index (Phi) is 14.9. The molecule has 4 rings (SSSR count). The number of carbonyl (C=O) groups is 3. The van der Waals surface area contributed by atoms with Crippen molar-refractivity contribution in [3.63, 3.8) is 0 Å². The fourth-order valence-electron chi connectivity index (χ4n) is 4.95. The van der Waals surface area contributed by atoms with Crippen molar-refractivity contribution >= 4 is 105 Å². The van der Waals surface area contributed by atoms with Crippen LogP contribution in [0.4, 0.5) is 27.5 Å². The quantitative estimate of drug-likeness (QED) is 0.0569. The number of benzene rings is 4. The van der Waals surface area contributed by atoms with Gasteiger partial charge in [0.1, 0.15) is 19.6 Å². The summed E-state index contributed by atoms with van der Waals surface area (Å²) in [6, 6.07) is 12.3. The van der Waals surface area contributed by atoms with E-state index in [4.69, 9.17) is 0 Å².